The van der Waals surface area contributed by atoms with Gasteiger partial charge in [0.25, 0.3) is 5.91 Å². The summed E-state index contributed by atoms with van der Waals surface area (Å²) in [5, 5.41) is 21.0. The zero-order valence-corrected chi connectivity index (χ0v) is 18.8. The first-order valence-electron chi connectivity index (χ1n) is 10.6. The highest BCUT2D eigenvalue weighted by atomic mass is 19.1. The Labute approximate surface area is 195 Å². The number of amides is 2. The molecule has 0 spiro atoms. The summed E-state index contributed by atoms with van der Waals surface area (Å²) in [5.74, 6) is -2.06. The molecule has 0 saturated heterocycles. The molecule has 0 fully saturated rings. The zero-order valence-electron chi connectivity index (χ0n) is 18.8. The summed E-state index contributed by atoms with van der Waals surface area (Å²) in [6.45, 7) is 1.36. The lowest BCUT2D eigenvalue weighted by Gasteiger charge is -2.16. The predicted molar refractivity (Wildman–Crippen MR) is 122 cm³/mol. The van der Waals surface area contributed by atoms with Gasteiger partial charge < -0.3 is 21.1 Å². The number of aromatic nitrogens is 3. The Kier molecular flexibility index (Phi) is 8.25. The van der Waals surface area contributed by atoms with E-state index >= 15 is 0 Å². The van der Waals surface area contributed by atoms with E-state index < -0.39 is 30.3 Å². The standard InChI is InChI=1S/C23H26F2N6O3/c1-14(29-20(33)13-32)10-27-23(34)18-9-19(25)21(16-11-28-31(2)12-16)30-22(18)26-7-6-15-4-3-5-17(24)8-15/h3-5,8-9,11-12,14,32H,6-7,10,13H2,1-2H3,(H,26,30)(H,27,34)(H,29,33)/t14-/m1/s1. The Morgan fingerprint density at radius 2 is 2.03 bits per heavy atom. The van der Waals surface area contributed by atoms with Crippen molar-refractivity contribution in [2.75, 3.05) is 25.0 Å². The fourth-order valence-electron chi connectivity index (χ4n) is 3.27. The minimum absolute atomic E-state index is 0.0231. The van der Waals surface area contributed by atoms with E-state index in [0.717, 1.165) is 11.6 Å². The van der Waals surface area contributed by atoms with Crippen LogP contribution in [-0.2, 0) is 18.3 Å². The molecule has 1 aromatic carbocycles. The van der Waals surface area contributed by atoms with Crippen LogP contribution >= 0.6 is 0 Å². The molecule has 0 aliphatic rings. The van der Waals surface area contributed by atoms with Crippen LogP contribution in [0.4, 0.5) is 14.6 Å². The monoisotopic (exact) mass is 472 g/mol. The number of hydrogen-bond donors (Lipinski definition) is 4. The molecule has 2 aromatic heterocycles. The van der Waals surface area contributed by atoms with Gasteiger partial charge in [-0.25, -0.2) is 13.8 Å². The summed E-state index contributed by atoms with van der Waals surface area (Å²) >= 11 is 0. The van der Waals surface area contributed by atoms with Gasteiger partial charge in [0.05, 0.1) is 11.8 Å². The minimum Gasteiger partial charge on any atom is -0.387 e. The van der Waals surface area contributed by atoms with Crippen LogP contribution in [0.3, 0.4) is 0 Å². The molecule has 2 heterocycles. The lowest BCUT2D eigenvalue weighted by molar-refractivity contribution is -0.124. The van der Waals surface area contributed by atoms with E-state index in [2.05, 4.69) is 26.0 Å². The minimum atomic E-state index is -0.699. The van der Waals surface area contributed by atoms with Crippen molar-refractivity contribution in [3.8, 4) is 11.3 Å². The molecule has 1 atom stereocenters. The van der Waals surface area contributed by atoms with Crippen LogP contribution in [-0.4, -0.2) is 57.4 Å². The molecule has 0 radical (unpaired) electrons. The van der Waals surface area contributed by atoms with Crippen molar-refractivity contribution in [2.45, 2.75) is 19.4 Å². The molecule has 0 saturated carbocycles. The van der Waals surface area contributed by atoms with Crippen molar-refractivity contribution in [3.05, 3.63) is 65.5 Å². The summed E-state index contributed by atoms with van der Waals surface area (Å²) in [4.78, 5) is 28.5. The molecule has 34 heavy (non-hydrogen) atoms. The van der Waals surface area contributed by atoms with Crippen molar-refractivity contribution >= 4 is 17.6 Å². The second-order valence-corrected chi connectivity index (χ2v) is 7.76. The van der Waals surface area contributed by atoms with E-state index in [0.29, 0.717) is 18.5 Å². The maximum atomic E-state index is 14.9. The second kappa shape index (κ2) is 11.3. The number of hydrogen-bond acceptors (Lipinski definition) is 6. The Balaban J connectivity index is 1.80. The smallest absolute Gasteiger partial charge is 0.255 e. The first-order chi connectivity index (χ1) is 16.3. The lowest BCUT2D eigenvalue weighted by atomic mass is 10.1. The average Bonchev–Trinajstić information content (AvgIpc) is 3.24. The number of aliphatic hydroxyl groups excluding tert-OH is 1. The first kappa shape index (κ1) is 24.8. The summed E-state index contributed by atoms with van der Waals surface area (Å²) in [6.07, 6.45) is 3.52. The van der Waals surface area contributed by atoms with Gasteiger partial charge in [-0.3, -0.25) is 14.3 Å². The Bertz CT molecular complexity index is 1170. The van der Waals surface area contributed by atoms with E-state index in [-0.39, 0.29) is 29.4 Å². The van der Waals surface area contributed by atoms with Crippen molar-refractivity contribution in [3.63, 3.8) is 0 Å². The SMILES string of the molecule is C[C@H](CNC(=O)c1cc(F)c(-c2cnn(C)c2)nc1NCCc1cccc(F)c1)NC(=O)CO. The van der Waals surface area contributed by atoms with Crippen molar-refractivity contribution in [1.29, 1.82) is 0 Å². The lowest BCUT2D eigenvalue weighted by Crippen LogP contribution is -2.43. The highest BCUT2D eigenvalue weighted by molar-refractivity contribution is 5.99. The fourth-order valence-corrected chi connectivity index (χ4v) is 3.27. The van der Waals surface area contributed by atoms with Gasteiger partial charge in [0, 0.05) is 37.9 Å². The normalized spacial score (nSPS) is 11.7. The number of nitrogens with zero attached hydrogens (tertiary/aromatic N) is 3. The highest BCUT2D eigenvalue weighted by Gasteiger charge is 2.20. The van der Waals surface area contributed by atoms with Crippen molar-refractivity contribution < 1.29 is 23.5 Å². The topological polar surface area (TPSA) is 121 Å². The van der Waals surface area contributed by atoms with Gasteiger partial charge in [0.2, 0.25) is 5.91 Å². The summed E-state index contributed by atoms with van der Waals surface area (Å²) in [5.41, 5.74) is 1.20. The molecule has 9 nitrogen and oxygen atoms in total. The molecule has 4 N–H and O–H groups in total. The van der Waals surface area contributed by atoms with E-state index in [4.69, 9.17) is 5.11 Å². The largest absolute Gasteiger partial charge is 0.387 e. The Morgan fingerprint density at radius 1 is 1.24 bits per heavy atom. The van der Waals surface area contributed by atoms with Crippen LogP contribution in [0.25, 0.3) is 11.3 Å². The second-order valence-electron chi connectivity index (χ2n) is 7.76. The number of benzene rings is 1. The van der Waals surface area contributed by atoms with E-state index in [9.17, 15) is 18.4 Å². The average molecular weight is 472 g/mol. The third-order valence-electron chi connectivity index (χ3n) is 4.91. The molecular weight excluding hydrogens is 446 g/mol. The van der Waals surface area contributed by atoms with E-state index in [1.807, 2.05) is 0 Å². The molecular formula is C23H26F2N6O3. The maximum absolute atomic E-state index is 14.9. The predicted octanol–water partition coefficient (Wildman–Crippen LogP) is 1.64. The maximum Gasteiger partial charge on any atom is 0.255 e. The van der Waals surface area contributed by atoms with Gasteiger partial charge in [-0.1, -0.05) is 12.1 Å². The summed E-state index contributed by atoms with van der Waals surface area (Å²) in [6, 6.07) is 6.78. The van der Waals surface area contributed by atoms with Crippen LogP contribution < -0.4 is 16.0 Å². The highest BCUT2D eigenvalue weighted by Crippen LogP contribution is 2.25. The van der Waals surface area contributed by atoms with E-state index in [1.54, 1.807) is 32.3 Å². The van der Waals surface area contributed by atoms with Crippen LogP contribution in [0, 0.1) is 11.6 Å². The van der Waals surface area contributed by atoms with Gasteiger partial charge >= 0.3 is 0 Å². The fraction of sp³-hybridized carbons (Fsp3) is 0.304. The molecule has 3 rings (SSSR count). The summed E-state index contributed by atoms with van der Waals surface area (Å²) < 4.78 is 29.9. The number of rotatable bonds is 10. The zero-order chi connectivity index (χ0) is 24.7. The Hall–Kier alpha value is -3.86. The van der Waals surface area contributed by atoms with Gasteiger partial charge in [0.1, 0.15) is 23.9 Å². The molecule has 2 amide bonds. The van der Waals surface area contributed by atoms with Crippen LogP contribution in [0.5, 0.6) is 0 Å². The van der Waals surface area contributed by atoms with Gasteiger partial charge in [0.15, 0.2) is 5.82 Å². The molecule has 11 heteroatoms. The third-order valence-corrected chi connectivity index (χ3v) is 4.91. The molecule has 0 aliphatic heterocycles. The van der Waals surface area contributed by atoms with E-state index in [1.165, 1.54) is 23.0 Å². The molecule has 0 unspecified atom stereocenters. The molecule has 0 aliphatic carbocycles. The van der Waals surface area contributed by atoms with Gasteiger partial charge in [-0.2, -0.15) is 5.10 Å². The third kappa shape index (κ3) is 6.58. The number of anilines is 1. The number of carbonyl (C=O) groups excluding carboxylic acids is 2. The van der Waals surface area contributed by atoms with Gasteiger partial charge in [-0.05, 0) is 37.1 Å². The number of pyridine rings is 1. The number of nitrogens with one attached hydrogen (secondary N) is 3. The van der Waals surface area contributed by atoms with Crippen LogP contribution in [0.1, 0.15) is 22.8 Å². The van der Waals surface area contributed by atoms with Crippen LogP contribution in [0.15, 0.2) is 42.7 Å². The molecule has 0 bridgehead atoms. The first-order valence-corrected chi connectivity index (χ1v) is 10.6. The number of aliphatic hydroxyl groups is 1. The number of carbonyl (C=O) groups is 2. The molecule has 3 aromatic rings. The number of halogens is 2. The quantitative estimate of drug-likeness (QED) is 0.356. The Morgan fingerprint density at radius 3 is 2.71 bits per heavy atom. The molecule has 180 valence electrons. The van der Waals surface area contributed by atoms with Gasteiger partial charge in [-0.15, -0.1) is 0 Å². The summed E-state index contributed by atoms with van der Waals surface area (Å²) in [7, 11) is 1.69. The van der Waals surface area contributed by atoms with Crippen molar-refractivity contribution in [1.82, 2.24) is 25.4 Å². The van der Waals surface area contributed by atoms with Crippen LogP contribution in [0.2, 0.25) is 0 Å². The van der Waals surface area contributed by atoms with Crippen molar-refractivity contribution in [2.24, 2.45) is 7.05 Å². The number of aryl methyl sites for hydroxylation is 1.